The Hall–Kier alpha value is -3.13. The topological polar surface area (TPSA) is 91.2 Å². The molecular weight excluding hydrogens is 402 g/mol. The number of aliphatic hydroxyl groups is 1. The van der Waals surface area contributed by atoms with Crippen LogP contribution in [0.1, 0.15) is 43.2 Å². The smallest absolute Gasteiger partial charge is 0.154 e. The highest BCUT2D eigenvalue weighted by Gasteiger charge is 2.41. The van der Waals surface area contributed by atoms with Crippen molar-refractivity contribution in [2.75, 3.05) is 22.9 Å². The Morgan fingerprint density at radius 2 is 1.78 bits per heavy atom. The second-order valence-electron chi connectivity index (χ2n) is 9.15. The van der Waals surface area contributed by atoms with E-state index in [9.17, 15) is 5.11 Å². The molecule has 0 bridgehead atoms. The molecule has 1 saturated heterocycles. The van der Waals surface area contributed by atoms with Gasteiger partial charge in [0.1, 0.15) is 5.82 Å². The van der Waals surface area contributed by atoms with E-state index >= 15 is 0 Å². The van der Waals surface area contributed by atoms with Gasteiger partial charge in [0, 0.05) is 50.3 Å². The number of pyridine rings is 1. The van der Waals surface area contributed by atoms with Gasteiger partial charge in [-0.2, -0.15) is 5.10 Å². The van der Waals surface area contributed by atoms with Gasteiger partial charge in [-0.3, -0.25) is 9.97 Å². The molecular formula is C24H31N7O. The van der Waals surface area contributed by atoms with E-state index in [4.69, 9.17) is 0 Å². The fourth-order valence-electron chi connectivity index (χ4n) is 4.35. The maximum atomic E-state index is 11.1. The summed E-state index contributed by atoms with van der Waals surface area (Å²) < 4.78 is 0. The minimum Gasteiger partial charge on any atom is -0.388 e. The number of anilines is 2. The van der Waals surface area contributed by atoms with Crippen LogP contribution < -0.4 is 9.80 Å². The average Bonchev–Trinajstić information content (AvgIpc) is 2.77. The fraction of sp³-hybridized carbons (Fsp3) is 0.458. The Balaban J connectivity index is 1.66. The second-order valence-corrected chi connectivity index (χ2v) is 9.15. The quantitative estimate of drug-likeness (QED) is 0.657. The molecule has 8 nitrogen and oxygen atoms in total. The van der Waals surface area contributed by atoms with Crippen LogP contribution in [-0.2, 0) is 6.42 Å². The van der Waals surface area contributed by atoms with Gasteiger partial charge in [0.25, 0.3) is 0 Å². The van der Waals surface area contributed by atoms with Crippen LogP contribution in [-0.4, -0.2) is 61.0 Å². The van der Waals surface area contributed by atoms with Crippen molar-refractivity contribution in [1.29, 1.82) is 0 Å². The molecule has 8 heteroatoms. The molecule has 1 N–H and O–H groups in total. The summed E-state index contributed by atoms with van der Waals surface area (Å²) in [6.45, 7) is 11.4. The molecule has 0 radical (unpaired) electrons. The lowest BCUT2D eigenvalue weighted by atomic mass is 9.92. The summed E-state index contributed by atoms with van der Waals surface area (Å²) in [6.07, 6.45) is 9.48. The Kier molecular flexibility index (Phi) is 6.06. The summed E-state index contributed by atoms with van der Waals surface area (Å²) in [5, 5.41) is 20.3. The minimum atomic E-state index is -0.947. The van der Waals surface area contributed by atoms with Crippen LogP contribution >= 0.6 is 0 Å². The number of rotatable bonds is 5. The van der Waals surface area contributed by atoms with Gasteiger partial charge in [0.15, 0.2) is 5.82 Å². The molecule has 1 aliphatic rings. The molecule has 2 atom stereocenters. The third-order valence-electron chi connectivity index (χ3n) is 6.36. The van der Waals surface area contributed by atoms with E-state index in [2.05, 4.69) is 61.8 Å². The zero-order valence-electron chi connectivity index (χ0n) is 19.4. The molecule has 0 saturated carbocycles. The average molecular weight is 434 g/mol. The van der Waals surface area contributed by atoms with E-state index in [1.54, 1.807) is 24.8 Å². The van der Waals surface area contributed by atoms with Crippen molar-refractivity contribution in [3.8, 4) is 0 Å². The standard InChI is InChI=1S/C24H31N7O/c1-16-14-31(21(24(4,5)32)15-30(16)22-13-26-9-10-27-22)23-18(3)17(2)20(28-29-23)11-19-7-6-8-25-12-19/h6-10,12-13,16,21,32H,11,14-15H2,1-5H3/t16-,21?/m1/s1. The van der Waals surface area contributed by atoms with E-state index in [0.29, 0.717) is 19.5 Å². The first-order valence-electron chi connectivity index (χ1n) is 11.0. The van der Waals surface area contributed by atoms with Gasteiger partial charge in [-0.05, 0) is 57.4 Å². The maximum Gasteiger partial charge on any atom is 0.154 e. The van der Waals surface area contributed by atoms with Crippen molar-refractivity contribution in [1.82, 2.24) is 25.1 Å². The van der Waals surface area contributed by atoms with Crippen LogP contribution in [0.2, 0.25) is 0 Å². The summed E-state index contributed by atoms with van der Waals surface area (Å²) in [6, 6.07) is 3.97. The highest BCUT2D eigenvalue weighted by molar-refractivity contribution is 5.54. The molecule has 0 aliphatic carbocycles. The van der Waals surface area contributed by atoms with Crippen LogP contribution in [0.5, 0.6) is 0 Å². The molecule has 3 aromatic heterocycles. The Bertz CT molecular complexity index is 1050. The molecule has 3 aromatic rings. The summed E-state index contributed by atoms with van der Waals surface area (Å²) in [4.78, 5) is 17.3. The molecule has 1 unspecified atom stereocenters. The van der Waals surface area contributed by atoms with Gasteiger partial charge in [0.2, 0.25) is 0 Å². The molecule has 1 aliphatic heterocycles. The normalized spacial score (nSPS) is 19.3. The molecule has 1 fully saturated rings. The van der Waals surface area contributed by atoms with Gasteiger partial charge in [-0.1, -0.05) is 6.07 Å². The molecule has 0 aromatic carbocycles. The van der Waals surface area contributed by atoms with Crippen molar-refractivity contribution in [3.63, 3.8) is 0 Å². The highest BCUT2D eigenvalue weighted by atomic mass is 16.3. The molecule has 168 valence electrons. The first-order valence-corrected chi connectivity index (χ1v) is 11.0. The highest BCUT2D eigenvalue weighted by Crippen LogP contribution is 2.32. The summed E-state index contributed by atoms with van der Waals surface area (Å²) in [5.74, 6) is 1.65. The lowest BCUT2D eigenvalue weighted by Gasteiger charge is -2.50. The predicted octanol–water partition coefficient (Wildman–Crippen LogP) is 2.72. The number of nitrogens with zero attached hydrogens (tertiary/aromatic N) is 7. The van der Waals surface area contributed by atoms with E-state index in [-0.39, 0.29) is 12.1 Å². The van der Waals surface area contributed by atoms with E-state index in [1.165, 1.54) is 0 Å². The van der Waals surface area contributed by atoms with Crippen LogP contribution in [0.25, 0.3) is 0 Å². The first-order chi connectivity index (χ1) is 15.3. The fourth-order valence-corrected chi connectivity index (χ4v) is 4.35. The van der Waals surface area contributed by atoms with Crippen LogP contribution in [0.15, 0.2) is 43.1 Å². The Morgan fingerprint density at radius 3 is 2.44 bits per heavy atom. The third-order valence-corrected chi connectivity index (χ3v) is 6.36. The van der Waals surface area contributed by atoms with Crippen LogP contribution in [0, 0.1) is 13.8 Å². The lowest BCUT2D eigenvalue weighted by molar-refractivity contribution is 0.0453. The lowest BCUT2D eigenvalue weighted by Crippen LogP contribution is -2.64. The largest absolute Gasteiger partial charge is 0.388 e. The molecule has 4 rings (SSSR count). The Morgan fingerprint density at radius 1 is 1.00 bits per heavy atom. The Labute approximate surface area is 189 Å². The zero-order valence-corrected chi connectivity index (χ0v) is 19.4. The van der Waals surface area contributed by atoms with Crippen molar-refractivity contribution < 1.29 is 5.11 Å². The second kappa shape index (κ2) is 8.78. The van der Waals surface area contributed by atoms with Gasteiger partial charge >= 0.3 is 0 Å². The summed E-state index contributed by atoms with van der Waals surface area (Å²) in [5.41, 5.74) is 3.32. The molecule has 4 heterocycles. The molecule has 0 spiro atoms. The number of aromatic nitrogens is 5. The van der Waals surface area contributed by atoms with Gasteiger partial charge in [-0.15, -0.1) is 5.10 Å². The number of piperazine rings is 1. The van der Waals surface area contributed by atoms with Gasteiger partial charge in [-0.25, -0.2) is 4.98 Å². The van der Waals surface area contributed by atoms with Crippen LogP contribution in [0.4, 0.5) is 11.6 Å². The van der Waals surface area contributed by atoms with Crippen LogP contribution in [0.3, 0.4) is 0 Å². The van der Waals surface area contributed by atoms with Gasteiger partial charge in [0.05, 0.1) is 23.5 Å². The minimum absolute atomic E-state index is 0.168. The van der Waals surface area contributed by atoms with Crippen molar-refractivity contribution >= 4 is 11.6 Å². The molecule has 0 amide bonds. The van der Waals surface area contributed by atoms with Crippen molar-refractivity contribution in [3.05, 3.63) is 65.5 Å². The third kappa shape index (κ3) is 4.41. The monoisotopic (exact) mass is 433 g/mol. The number of hydrogen-bond acceptors (Lipinski definition) is 8. The maximum absolute atomic E-state index is 11.1. The SMILES string of the molecule is Cc1c(Cc2cccnc2)nnc(N2C[C@@H](C)N(c3cnccn3)CC2C(C)(C)O)c1C. The van der Waals surface area contributed by atoms with E-state index in [0.717, 1.165) is 34.0 Å². The van der Waals surface area contributed by atoms with Crippen molar-refractivity contribution in [2.45, 2.75) is 58.7 Å². The number of hydrogen-bond donors (Lipinski definition) is 1. The first kappa shape index (κ1) is 22.1. The van der Waals surface area contributed by atoms with Gasteiger partial charge < -0.3 is 14.9 Å². The van der Waals surface area contributed by atoms with E-state index in [1.807, 2.05) is 26.1 Å². The molecule has 32 heavy (non-hydrogen) atoms. The predicted molar refractivity (Wildman–Crippen MR) is 125 cm³/mol. The summed E-state index contributed by atoms with van der Waals surface area (Å²) in [7, 11) is 0. The summed E-state index contributed by atoms with van der Waals surface area (Å²) >= 11 is 0. The van der Waals surface area contributed by atoms with E-state index < -0.39 is 5.60 Å². The zero-order chi connectivity index (χ0) is 22.9. The van der Waals surface area contributed by atoms with Crippen molar-refractivity contribution in [2.24, 2.45) is 0 Å².